The fourth-order valence-electron chi connectivity index (χ4n) is 1.02. The van der Waals surface area contributed by atoms with E-state index >= 15 is 0 Å². The molecular weight excluding hydrogens is 223 g/mol. The van der Waals surface area contributed by atoms with Gasteiger partial charge >= 0.3 is 5.97 Å². The summed E-state index contributed by atoms with van der Waals surface area (Å²) in [6, 6.07) is 0.888. The molecule has 0 fully saturated rings. The van der Waals surface area contributed by atoms with E-state index in [1.807, 2.05) is 0 Å². The van der Waals surface area contributed by atoms with E-state index in [0.717, 1.165) is 6.20 Å². The van der Waals surface area contributed by atoms with Crippen molar-refractivity contribution in [2.45, 2.75) is 13.0 Å². The Kier molecular flexibility index (Phi) is 3.85. The third kappa shape index (κ3) is 3.06. The van der Waals surface area contributed by atoms with Crippen LogP contribution in [0.1, 0.15) is 17.3 Å². The van der Waals surface area contributed by atoms with Crippen LogP contribution in [0.15, 0.2) is 12.3 Å². The monoisotopic (exact) mass is 232 g/mol. The molecule has 4 nitrogen and oxygen atoms in total. The molecular formula is C9H10ClFN2O2. The summed E-state index contributed by atoms with van der Waals surface area (Å²) in [5.41, 5.74) is 0.243. The summed E-state index contributed by atoms with van der Waals surface area (Å²) >= 11 is 5.61. The lowest BCUT2D eigenvalue weighted by atomic mass is 10.2. The molecule has 0 saturated carbocycles. The van der Waals surface area contributed by atoms with E-state index in [0.29, 0.717) is 0 Å². The quantitative estimate of drug-likeness (QED) is 0.782. The van der Waals surface area contributed by atoms with Crippen molar-refractivity contribution in [2.75, 3.05) is 12.0 Å². The topological polar surface area (TPSA) is 62.2 Å². The predicted octanol–water partition coefficient (Wildman–Crippen LogP) is 2.20. The molecule has 82 valence electrons. The third-order valence-electron chi connectivity index (χ3n) is 1.73. The smallest absolute Gasteiger partial charge is 0.339 e. The van der Waals surface area contributed by atoms with E-state index in [9.17, 15) is 9.18 Å². The van der Waals surface area contributed by atoms with Crippen LogP contribution in [0.2, 0.25) is 5.15 Å². The molecule has 0 amide bonds. The summed E-state index contributed by atoms with van der Waals surface area (Å²) in [6.07, 6.45) is 1.14. The van der Waals surface area contributed by atoms with Gasteiger partial charge < -0.3 is 10.4 Å². The molecule has 1 atom stereocenters. The maximum absolute atomic E-state index is 12.2. The number of halogens is 2. The van der Waals surface area contributed by atoms with E-state index in [1.54, 1.807) is 6.92 Å². The molecule has 0 spiro atoms. The molecule has 1 aromatic heterocycles. The zero-order valence-electron chi connectivity index (χ0n) is 8.00. The zero-order valence-corrected chi connectivity index (χ0v) is 8.75. The molecule has 6 heteroatoms. The predicted molar refractivity (Wildman–Crippen MR) is 55.3 cm³/mol. The Morgan fingerprint density at radius 3 is 3.00 bits per heavy atom. The highest BCUT2D eigenvalue weighted by Gasteiger charge is 2.13. The Hall–Kier alpha value is -1.36. The van der Waals surface area contributed by atoms with Gasteiger partial charge in [-0.15, -0.1) is 0 Å². The number of pyridine rings is 1. The summed E-state index contributed by atoms with van der Waals surface area (Å²) < 4.78 is 12.2. The number of nitrogens with zero attached hydrogens (tertiary/aromatic N) is 1. The molecule has 1 aromatic rings. The summed E-state index contributed by atoms with van der Waals surface area (Å²) in [4.78, 5) is 14.4. The Balaban J connectivity index is 3.02. The van der Waals surface area contributed by atoms with E-state index in [2.05, 4.69) is 10.3 Å². The van der Waals surface area contributed by atoms with Crippen molar-refractivity contribution >= 4 is 23.3 Å². The van der Waals surface area contributed by atoms with Gasteiger partial charge in [0.1, 0.15) is 17.4 Å². The highest BCUT2D eigenvalue weighted by molar-refractivity contribution is 6.29. The van der Waals surface area contributed by atoms with Crippen molar-refractivity contribution in [1.29, 1.82) is 0 Å². The van der Waals surface area contributed by atoms with Crippen molar-refractivity contribution in [3.05, 3.63) is 23.0 Å². The Morgan fingerprint density at radius 2 is 2.47 bits per heavy atom. The van der Waals surface area contributed by atoms with E-state index < -0.39 is 18.7 Å². The molecule has 15 heavy (non-hydrogen) atoms. The van der Waals surface area contributed by atoms with Crippen LogP contribution < -0.4 is 5.32 Å². The maximum Gasteiger partial charge on any atom is 0.339 e. The number of rotatable bonds is 4. The van der Waals surface area contributed by atoms with Crippen LogP contribution in [0.4, 0.5) is 10.1 Å². The molecule has 0 aliphatic rings. The van der Waals surface area contributed by atoms with Gasteiger partial charge in [0, 0.05) is 6.20 Å². The van der Waals surface area contributed by atoms with Gasteiger partial charge in [-0.2, -0.15) is 0 Å². The van der Waals surface area contributed by atoms with Crippen LogP contribution in [0.5, 0.6) is 0 Å². The van der Waals surface area contributed by atoms with Gasteiger partial charge in [0.25, 0.3) is 0 Å². The fraction of sp³-hybridized carbons (Fsp3) is 0.333. The van der Waals surface area contributed by atoms with Gasteiger partial charge in [0.2, 0.25) is 0 Å². The Labute approximate surface area is 91.1 Å². The highest BCUT2D eigenvalue weighted by atomic mass is 35.5. The van der Waals surface area contributed by atoms with Gasteiger partial charge in [-0.05, 0) is 13.0 Å². The molecule has 1 rings (SSSR count). The average Bonchev–Trinajstić information content (AvgIpc) is 2.17. The van der Waals surface area contributed by atoms with Gasteiger partial charge in [0.05, 0.1) is 11.7 Å². The normalized spacial score (nSPS) is 12.2. The van der Waals surface area contributed by atoms with Crippen LogP contribution in [0, 0.1) is 0 Å². The number of aromatic nitrogens is 1. The Bertz CT molecular complexity index is 373. The van der Waals surface area contributed by atoms with Crippen molar-refractivity contribution in [3.8, 4) is 0 Å². The summed E-state index contributed by atoms with van der Waals surface area (Å²) in [6.45, 7) is 0.999. The number of carboxylic acids is 1. The lowest BCUT2D eigenvalue weighted by Crippen LogP contribution is -2.19. The molecule has 2 N–H and O–H groups in total. The molecule has 0 unspecified atom stereocenters. The van der Waals surface area contributed by atoms with Gasteiger partial charge in [-0.3, -0.25) is 0 Å². The largest absolute Gasteiger partial charge is 0.478 e. The fourth-order valence-corrected chi connectivity index (χ4v) is 1.18. The SMILES string of the molecule is C[C@H](CF)Nc1cc(Cl)ncc1C(=O)O. The number of hydrogen-bond donors (Lipinski definition) is 2. The maximum atomic E-state index is 12.2. The minimum absolute atomic E-state index is 0.0281. The van der Waals surface area contributed by atoms with Crippen molar-refractivity contribution in [3.63, 3.8) is 0 Å². The van der Waals surface area contributed by atoms with Crippen LogP contribution >= 0.6 is 11.6 Å². The number of nitrogens with one attached hydrogen (secondary N) is 1. The van der Waals surface area contributed by atoms with Crippen LogP contribution in [-0.2, 0) is 0 Å². The van der Waals surface area contributed by atoms with E-state index in [1.165, 1.54) is 6.07 Å². The van der Waals surface area contributed by atoms with Crippen molar-refractivity contribution < 1.29 is 14.3 Å². The number of hydrogen-bond acceptors (Lipinski definition) is 3. The molecule has 0 aromatic carbocycles. The summed E-state index contributed by atoms with van der Waals surface area (Å²) in [7, 11) is 0. The second-order valence-corrected chi connectivity index (χ2v) is 3.44. The van der Waals surface area contributed by atoms with Gasteiger partial charge in [-0.25, -0.2) is 14.2 Å². The number of aromatic carboxylic acids is 1. The molecule has 0 aliphatic carbocycles. The first kappa shape index (κ1) is 11.7. The number of carboxylic acid groups (broad SMARTS) is 1. The second-order valence-electron chi connectivity index (χ2n) is 3.06. The Morgan fingerprint density at radius 1 is 1.80 bits per heavy atom. The molecule has 0 radical (unpaired) electrons. The van der Waals surface area contributed by atoms with Crippen LogP contribution in [0.3, 0.4) is 0 Å². The van der Waals surface area contributed by atoms with Gasteiger partial charge in [0.15, 0.2) is 0 Å². The van der Waals surface area contributed by atoms with Crippen LogP contribution in [-0.4, -0.2) is 28.8 Å². The lowest BCUT2D eigenvalue weighted by molar-refractivity contribution is 0.0697. The van der Waals surface area contributed by atoms with Crippen molar-refractivity contribution in [1.82, 2.24) is 4.98 Å². The van der Waals surface area contributed by atoms with E-state index in [4.69, 9.17) is 16.7 Å². The first-order valence-electron chi connectivity index (χ1n) is 4.26. The first-order valence-corrected chi connectivity index (χ1v) is 4.63. The second kappa shape index (κ2) is 4.93. The molecule has 0 saturated heterocycles. The van der Waals surface area contributed by atoms with E-state index in [-0.39, 0.29) is 16.4 Å². The summed E-state index contributed by atoms with van der Waals surface area (Å²) in [5, 5.41) is 11.7. The number of carbonyl (C=O) groups is 1. The van der Waals surface area contributed by atoms with Crippen molar-refractivity contribution in [2.24, 2.45) is 0 Å². The minimum atomic E-state index is -1.13. The zero-order chi connectivity index (χ0) is 11.4. The number of alkyl halides is 1. The van der Waals surface area contributed by atoms with Crippen LogP contribution in [0.25, 0.3) is 0 Å². The number of anilines is 1. The highest BCUT2D eigenvalue weighted by Crippen LogP contribution is 2.19. The standard InChI is InChI=1S/C9H10ClFN2O2/c1-5(3-11)13-7-2-8(10)12-4-6(7)9(14)15/h2,4-5H,3H2,1H3,(H,12,13)(H,14,15)/t5-/m1/s1. The first-order chi connectivity index (χ1) is 7.04. The average molecular weight is 233 g/mol. The molecule has 0 bridgehead atoms. The van der Waals surface area contributed by atoms with Gasteiger partial charge in [-0.1, -0.05) is 11.6 Å². The summed E-state index contributed by atoms with van der Waals surface area (Å²) in [5.74, 6) is -1.13. The molecule has 1 heterocycles. The third-order valence-corrected chi connectivity index (χ3v) is 1.94. The molecule has 0 aliphatic heterocycles. The lowest BCUT2D eigenvalue weighted by Gasteiger charge is -2.13. The minimum Gasteiger partial charge on any atom is -0.478 e.